The molecule has 3 unspecified atom stereocenters. The van der Waals surface area contributed by atoms with Gasteiger partial charge in [-0.1, -0.05) is 49.2 Å². The molecule has 3 fully saturated rings. The fourth-order valence-electron chi connectivity index (χ4n) is 8.75. The van der Waals surface area contributed by atoms with Crippen LogP contribution in [0.25, 0.3) is 6.08 Å². The first-order valence-corrected chi connectivity index (χ1v) is 14.8. The van der Waals surface area contributed by atoms with Crippen molar-refractivity contribution in [1.29, 1.82) is 0 Å². The smallest absolute Gasteiger partial charge is 0.246 e. The van der Waals surface area contributed by atoms with Gasteiger partial charge in [0.1, 0.15) is 6.10 Å². The van der Waals surface area contributed by atoms with Crippen molar-refractivity contribution in [3.8, 4) is 11.5 Å². The van der Waals surface area contributed by atoms with Crippen molar-refractivity contribution in [2.75, 3.05) is 20.1 Å². The Labute approximate surface area is 231 Å². The zero-order chi connectivity index (χ0) is 27.1. The topological polar surface area (TPSA) is 73.2 Å². The molecule has 6 nitrogen and oxygen atoms in total. The molecule has 2 aromatic rings. The Morgan fingerprint density at radius 2 is 2.08 bits per heavy atom. The van der Waals surface area contributed by atoms with Gasteiger partial charge in [0.25, 0.3) is 0 Å². The molecule has 0 radical (unpaired) electrons. The Bertz CT molecular complexity index is 1350. The number of nitrogens with zero attached hydrogens (tertiary/aromatic N) is 2. The van der Waals surface area contributed by atoms with Crippen molar-refractivity contribution in [2.24, 2.45) is 11.8 Å². The Morgan fingerprint density at radius 1 is 1.26 bits per heavy atom. The molecule has 6 atom stereocenters. The second kappa shape index (κ2) is 8.84. The van der Waals surface area contributed by atoms with Crippen LogP contribution in [-0.4, -0.2) is 69.8 Å². The van der Waals surface area contributed by atoms with Gasteiger partial charge in [-0.25, -0.2) is 0 Å². The first-order chi connectivity index (χ1) is 18.8. The van der Waals surface area contributed by atoms with Gasteiger partial charge in [-0.2, -0.15) is 0 Å². The lowest BCUT2D eigenvalue weighted by Crippen LogP contribution is -2.81. The molecule has 5 aliphatic rings. The lowest BCUT2D eigenvalue weighted by molar-refractivity contribution is -0.228. The van der Waals surface area contributed by atoms with Gasteiger partial charge in [-0.05, 0) is 80.7 Å². The largest absolute Gasteiger partial charge is 0.504 e. The SMILES string of the molecule is CCC1CC(N(C)C(=O)/C=C/c2cccc(C)c2)C2Oc3c(O)ccc4c3[C@@]23CCN(CC2CC2)[C@H](C4)[C@]13O. The summed E-state index contributed by atoms with van der Waals surface area (Å²) < 4.78 is 6.71. The number of hydrogen-bond donors (Lipinski definition) is 2. The van der Waals surface area contributed by atoms with E-state index >= 15 is 0 Å². The Kier molecular flexibility index (Phi) is 5.70. The molecule has 2 N–H and O–H groups in total. The minimum Gasteiger partial charge on any atom is -0.504 e. The highest BCUT2D eigenvalue weighted by atomic mass is 16.5. The van der Waals surface area contributed by atoms with E-state index in [0.717, 1.165) is 55.0 Å². The Balaban J connectivity index is 1.29. The van der Waals surface area contributed by atoms with E-state index in [-0.39, 0.29) is 29.7 Å². The van der Waals surface area contributed by atoms with Crippen molar-refractivity contribution in [3.05, 3.63) is 64.7 Å². The maximum Gasteiger partial charge on any atom is 0.246 e. The number of amides is 1. The lowest BCUT2D eigenvalue weighted by atomic mass is 9.45. The first kappa shape index (κ1) is 25.2. The van der Waals surface area contributed by atoms with Crippen molar-refractivity contribution in [1.82, 2.24) is 9.80 Å². The summed E-state index contributed by atoms with van der Waals surface area (Å²) in [7, 11) is 1.87. The molecule has 2 aliphatic heterocycles. The number of phenolic OH excluding ortho intramolecular Hbond substituents is 1. The number of ether oxygens (including phenoxy) is 1. The number of aryl methyl sites for hydroxylation is 1. The van der Waals surface area contributed by atoms with Crippen molar-refractivity contribution >= 4 is 12.0 Å². The van der Waals surface area contributed by atoms with E-state index in [2.05, 4.69) is 17.9 Å². The summed E-state index contributed by atoms with van der Waals surface area (Å²) in [5.41, 5.74) is 2.74. The molecule has 3 aliphatic carbocycles. The molecular formula is C33H40N2O4. The normalized spacial score (nSPS) is 34.6. The number of carbonyl (C=O) groups excluding carboxylic acids is 1. The maximum atomic E-state index is 13.6. The molecule has 1 spiro atoms. The quantitative estimate of drug-likeness (QED) is 0.543. The van der Waals surface area contributed by atoms with Crippen LogP contribution in [0.4, 0.5) is 0 Å². The number of carbonyl (C=O) groups is 1. The molecule has 0 aromatic heterocycles. The van der Waals surface area contributed by atoms with Crippen molar-refractivity contribution in [3.63, 3.8) is 0 Å². The van der Waals surface area contributed by atoms with Crippen LogP contribution in [0.15, 0.2) is 42.5 Å². The highest BCUT2D eigenvalue weighted by Crippen LogP contribution is 2.67. The fourth-order valence-corrected chi connectivity index (χ4v) is 8.75. The minimum absolute atomic E-state index is 0.0202. The summed E-state index contributed by atoms with van der Waals surface area (Å²) in [6, 6.07) is 11.7. The minimum atomic E-state index is -0.969. The number of piperidine rings is 1. The zero-order valence-electron chi connectivity index (χ0n) is 23.3. The number of likely N-dealkylation sites (tertiary alicyclic amines) is 1. The Morgan fingerprint density at radius 3 is 2.82 bits per heavy atom. The van der Waals surface area contributed by atoms with Gasteiger partial charge < -0.3 is 19.8 Å². The molecule has 2 heterocycles. The van der Waals surface area contributed by atoms with Crippen LogP contribution in [0.1, 0.15) is 61.3 Å². The number of rotatable bonds is 6. The van der Waals surface area contributed by atoms with Crippen LogP contribution >= 0.6 is 0 Å². The van der Waals surface area contributed by atoms with Crippen LogP contribution in [0.5, 0.6) is 11.5 Å². The highest BCUT2D eigenvalue weighted by Gasteiger charge is 2.75. The monoisotopic (exact) mass is 528 g/mol. The lowest BCUT2D eigenvalue weighted by Gasteiger charge is -2.67. The fraction of sp³-hybridized carbons (Fsp3) is 0.545. The van der Waals surface area contributed by atoms with Crippen LogP contribution in [0.2, 0.25) is 0 Å². The zero-order valence-corrected chi connectivity index (χ0v) is 23.3. The van der Waals surface area contributed by atoms with Gasteiger partial charge in [-0.15, -0.1) is 0 Å². The summed E-state index contributed by atoms with van der Waals surface area (Å²) in [5, 5.41) is 24.0. The van der Waals surface area contributed by atoms with Crippen LogP contribution < -0.4 is 4.74 Å². The molecule has 1 saturated heterocycles. The van der Waals surface area contributed by atoms with Crippen LogP contribution in [0, 0.1) is 18.8 Å². The third-order valence-corrected chi connectivity index (χ3v) is 10.8. The van der Waals surface area contributed by atoms with E-state index in [1.165, 1.54) is 18.4 Å². The van der Waals surface area contributed by atoms with E-state index in [1.807, 2.05) is 49.2 Å². The molecular weight excluding hydrogens is 488 g/mol. The third-order valence-electron chi connectivity index (χ3n) is 10.8. The predicted octanol–water partition coefficient (Wildman–Crippen LogP) is 4.44. The average Bonchev–Trinajstić information content (AvgIpc) is 3.67. The molecule has 6 heteroatoms. The van der Waals surface area contributed by atoms with Gasteiger partial charge >= 0.3 is 0 Å². The van der Waals surface area contributed by atoms with Gasteiger partial charge in [0.05, 0.1) is 17.1 Å². The number of aromatic hydroxyl groups is 1. The Hall–Kier alpha value is -2.83. The molecule has 206 valence electrons. The summed E-state index contributed by atoms with van der Waals surface area (Å²) in [4.78, 5) is 18.0. The van der Waals surface area contributed by atoms with E-state index < -0.39 is 17.1 Å². The summed E-state index contributed by atoms with van der Waals surface area (Å²) in [6.07, 6.45) is 8.76. The van der Waals surface area contributed by atoms with E-state index in [1.54, 1.807) is 12.1 Å². The third kappa shape index (κ3) is 3.50. The molecule has 1 amide bonds. The standard InChI is InChI=1S/C33H40N2O4/c1-4-24-18-25(34(3)28(37)13-10-21-7-5-6-20(2)16-21)31-32-14-15-35(19-22-8-9-22)27(33(24,32)38)17-23-11-12-26(36)30(39-31)29(23)32/h5-7,10-13,16,22,24-25,27,31,36,38H,4,8-9,14-15,17-19H2,1-3H3/b13-10+/t24?,25?,27-,31?,32+,33-/m1/s1. The van der Waals surface area contributed by atoms with Gasteiger partial charge in [0.15, 0.2) is 11.5 Å². The summed E-state index contributed by atoms with van der Waals surface area (Å²) in [6.45, 7) is 6.18. The van der Waals surface area contributed by atoms with Gasteiger partial charge in [-0.3, -0.25) is 9.69 Å². The second-order valence-corrected chi connectivity index (χ2v) is 12.8. The van der Waals surface area contributed by atoms with E-state index in [4.69, 9.17) is 4.74 Å². The van der Waals surface area contributed by atoms with Crippen LogP contribution in [-0.2, 0) is 16.6 Å². The average molecular weight is 529 g/mol. The second-order valence-electron chi connectivity index (χ2n) is 12.8. The molecule has 2 bridgehead atoms. The highest BCUT2D eigenvalue weighted by molar-refractivity contribution is 5.92. The number of aliphatic hydroxyl groups is 1. The first-order valence-electron chi connectivity index (χ1n) is 14.8. The maximum absolute atomic E-state index is 13.6. The van der Waals surface area contributed by atoms with Crippen molar-refractivity contribution in [2.45, 2.75) is 81.6 Å². The van der Waals surface area contributed by atoms with Crippen LogP contribution in [0.3, 0.4) is 0 Å². The number of hydrogen-bond acceptors (Lipinski definition) is 5. The number of benzene rings is 2. The van der Waals surface area contributed by atoms with Gasteiger partial charge in [0.2, 0.25) is 5.91 Å². The summed E-state index contributed by atoms with van der Waals surface area (Å²) in [5.74, 6) is 1.37. The van der Waals surface area contributed by atoms with Crippen molar-refractivity contribution < 1.29 is 19.7 Å². The van der Waals surface area contributed by atoms with E-state index in [9.17, 15) is 15.0 Å². The molecule has 7 rings (SSSR count). The molecule has 39 heavy (non-hydrogen) atoms. The van der Waals surface area contributed by atoms with Gasteiger partial charge in [0, 0.05) is 31.3 Å². The summed E-state index contributed by atoms with van der Waals surface area (Å²) >= 11 is 0. The van der Waals surface area contributed by atoms with E-state index in [0.29, 0.717) is 12.2 Å². The number of likely N-dealkylation sites (N-methyl/N-ethyl adjacent to an activating group) is 1. The number of phenols is 1. The molecule has 2 aromatic carbocycles. The molecule has 2 saturated carbocycles. The predicted molar refractivity (Wildman–Crippen MR) is 151 cm³/mol.